The van der Waals surface area contributed by atoms with Crippen LogP contribution in [-0.4, -0.2) is 44.3 Å². The van der Waals surface area contributed by atoms with Crippen molar-refractivity contribution in [1.82, 2.24) is 10.0 Å². The van der Waals surface area contributed by atoms with E-state index in [4.69, 9.17) is 0 Å². The molecule has 1 rings (SSSR count). The SMILES string of the molecule is CCSCCC(C)NS(=O)(=O)CCNC1CC1. The van der Waals surface area contributed by atoms with E-state index in [9.17, 15) is 8.42 Å². The first-order chi connectivity index (χ1) is 8.03. The molecule has 0 bridgehead atoms. The third-order valence-electron chi connectivity index (χ3n) is 2.66. The molecule has 0 aromatic heterocycles. The molecular weight excluding hydrogens is 256 g/mol. The number of sulfonamides is 1. The Morgan fingerprint density at radius 1 is 1.41 bits per heavy atom. The van der Waals surface area contributed by atoms with Crippen molar-refractivity contribution >= 4 is 21.8 Å². The van der Waals surface area contributed by atoms with Gasteiger partial charge in [0.05, 0.1) is 5.75 Å². The van der Waals surface area contributed by atoms with E-state index in [1.165, 1.54) is 12.8 Å². The third kappa shape index (κ3) is 8.02. The minimum absolute atomic E-state index is 0.0416. The standard InChI is InChI=1S/C11H24N2O2S2/c1-3-16-8-6-10(2)13-17(14,15)9-7-12-11-4-5-11/h10-13H,3-9H2,1-2H3. The Labute approximate surface area is 109 Å². The third-order valence-corrected chi connectivity index (χ3v) is 5.10. The van der Waals surface area contributed by atoms with Crippen LogP contribution in [-0.2, 0) is 10.0 Å². The average molecular weight is 280 g/mol. The van der Waals surface area contributed by atoms with Crippen molar-refractivity contribution in [2.75, 3.05) is 23.8 Å². The number of rotatable bonds is 10. The fraction of sp³-hybridized carbons (Fsp3) is 1.00. The van der Waals surface area contributed by atoms with Crippen molar-refractivity contribution < 1.29 is 8.42 Å². The molecule has 6 heteroatoms. The molecule has 4 nitrogen and oxygen atoms in total. The molecule has 1 unspecified atom stereocenters. The van der Waals surface area contributed by atoms with E-state index in [1.807, 2.05) is 18.7 Å². The summed E-state index contributed by atoms with van der Waals surface area (Å²) < 4.78 is 26.2. The molecule has 1 atom stereocenters. The van der Waals surface area contributed by atoms with Crippen molar-refractivity contribution in [1.29, 1.82) is 0 Å². The minimum Gasteiger partial charge on any atom is -0.313 e. The van der Waals surface area contributed by atoms with Crippen molar-refractivity contribution in [2.45, 2.75) is 45.2 Å². The number of hydrogen-bond donors (Lipinski definition) is 2. The zero-order valence-corrected chi connectivity index (χ0v) is 12.4. The van der Waals surface area contributed by atoms with E-state index in [2.05, 4.69) is 17.0 Å². The van der Waals surface area contributed by atoms with Crippen LogP contribution in [0.15, 0.2) is 0 Å². The molecule has 0 heterocycles. The zero-order chi connectivity index (χ0) is 12.7. The van der Waals surface area contributed by atoms with Gasteiger partial charge in [0.25, 0.3) is 0 Å². The van der Waals surface area contributed by atoms with E-state index in [0.29, 0.717) is 12.6 Å². The summed E-state index contributed by atoms with van der Waals surface area (Å²) in [5.41, 5.74) is 0. The number of hydrogen-bond acceptors (Lipinski definition) is 4. The van der Waals surface area contributed by atoms with Crippen LogP contribution >= 0.6 is 11.8 Å². The van der Waals surface area contributed by atoms with Gasteiger partial charge in [-0.3, -0.25) is 0 Å². The van der Waals surface area contributed by atoms with Gasteiger partial charge in [-0.05, 0) is 37.7 Å². The molecule has 1 aliphatic rings. The molecule has 0 saturated heterocycles. The first kappa shape index (κ1) is 15.3. The highest BCUT2D eigenvalue weighted by atomic mass is 32.2. The second kappa shape index (κ2) is 7.61. The highest BCUT2D eigenvalue weighted by Gasteiger charge is 2.21. The second-order valence-corrected chi connectivity index (χ2v) is 7.82. The van der Waals surface area contributed by atoms with Crippen LogP contribution in [0, 0.1) is 0 Å². The van der Waals surface area contributed by atoms with Gasteiger partial charge >= 0.3 is 0 Å². The van der Waals surface area contributed by atoms with Gasteiger partial charge in [0.2, 0.25) is 10.0 Å². The summed E-state index contributed by atoms with van der Waals surface area (Å²) >= 11 is 1.85. The molecule has 1 saturated carbocycles. The Morgan fingerprint density at radius 3 is 2.71 bits per heavy atom. The predicted octanol–water partition coefficient (Wildman–Crippen LogP) is 1.19. The van der Waals surface area contributed by atoms with E-state index in [0.717, 1.165) is 17.9 Å². The number of thioether (sulfide) groups is 1. The van der Waals surface area contributed by atoms with Crippen LogP contribution in [0.25, 0.3) is 0 Å². The summed E-state index contributed by atoms with van der Waals surface area (Å²) in [6.45, 7) is 4.61. The lowest BCUT2D eigenvalue weighted by Gasteiger charge is -2.14. The van der Waals surface area contributed by atoms with Crippen LogP contribution < -0.4 is 10.0 Å². The molecule has 0 spiro atoms. The van der Waals surface area contributed by atoms with Crippen molar-refractivity contribution in [3.63, 3.8) is 0 Å². The van der Waals surface area contributed by atoms with Gasteiger partial charge < -0.3 is 5.32 Å². The van der Waals surface area contributed by atoms with Crippen LogP contribution in [0.3, 0.4) is 0 Å². The zero-order valence-electron chi connectivity index (χ0n) is 10.7. The molecule has 1 aliphatic carbocycles. The van der Waals surface area contributed by atoms with Crippen LogP contribution in [0.5, 0.6) is 0 Å². The van der Waals surface area contributed by atoms with Gasteiger partial charge in [0.1, 0.15) is 0 Å². The summed E-state index contributed by atoms with van der Waals surface area (Å²) in [6, 6.07) is 0.614. The van der Waals surface area contributed by atoms with Crippen LogP contribution in [0.4, 0.5) is 0 Å². The normalized spacial score (nSPS) is 18.2. The van der Waals surface area contributed by atoms with Crippen molar-refractivity contribution in [3.8, 4) is 0 Å². The summed E-state index contributed by atoms with van der Waals surface area (Å²) in [6.07, 6.45) is 3.28. The molecule has 2 N–H and O–H groups in total. The molecule has 0 aliphatic heterocycles. The van der Waals surface area contributed by atoms with E-state index in [1.54, 1.807) is 0 Å². The van der Waals surface area contributed by atoms with Gasteiger partial charge in [-0.25, -0.2) is 13.1 Å². The topological polar surface area (TPSA) is 58.2 Å². The first-order valence-electron chi connectivity index (χ1n) is 6.34. The van der Waals surface area contributed by atoms with Crippen LogP contribution in [0.2, 0.25) is 0 Å². The molecule has 0 amide bonds. The van der Waals surface area contributed by atoms with Gasteiger partial charge in [-0.15, -0.1) is 0 Å². The predicted molar refractivity (Wildman–Crippen MR) is 75.0 cm³/mol. The monoisotopic (exact) mass is 280 g/mol. The Kier molecular flexibility index (Phi) is 6.84. The maximum absolute atomic E-state index is 11.7. The van der Waals surface area contributed by atoms with Crippen LogP contribution in [0.1, 0.15) is 33.1 Å². The largest absolute Gasteiger partial charge is 0.313 e. The van der Waals surface area contributed by atoms with Gasteiger partial charge in [-0.1, -0.05) is 6.92 Å². The fourth-order valence-corrected chi connectivity index (χ4v) is 3.56. The summed E-state index contributed by atoms with van der Waals surface area (Å²) in [5.74, 6) is 2.29. The van der Waals surface area contributed by atoms with E-state index in [-0.39, 0.29) is 11.8 Å². The fourth-order valence-electron chi connectivity index (χ4n) is 1.51. The van der Waals surface area contributed by atoms with E-state index < -0.39 is 10.0 Å². The quantitative estimate of drug-likeness (QED) is 0.590. The molecule has 17 heavy (non-hydrogen) atoms. The summed E-state index contributed by atoms with van der Waals surface area (Å²) in [4.78, 5) is 0. The molecule has 0 aromatic rings. The maximum Gasteiger partial charge on any atom is 0.213 e. The smallest absolute Gasteiger partial charge is 0.213 e. The highest BCUT2D eigenvalue weighted by Crippen LogP contribution is 2.18. The molecular formula is C11H24N2O2S2. The van der Waals surface area contributed by atoms with Gasteiger partial charge in [0.15, 0.2) is 0 Å². The Bertz CT molecular complexity index is 303. The molecule has 1 fully saturated rings. The lowest BCUT2D eigenvalue weighted by molar-refractivity contribution is 0.553. The Hall–Kier alpha value is 0.220. The molecule has 0 radical (unpaired) electrons. The van der Waals surface area contributed by atoms with Gasteiger partial charge in [-0.2, -0.15) is 11.8 Å². The van der Waals surface area contributed by atoms with Crippen molar-refractivity contribution in [3.05, 3.63) is 0 Å². The lowest BCUT2D eigenvalue weighted by Crippen LogP contribution is -2.37. The summed E-state index contributed by atoms with van der Waals surface area (Å²) in [7, 11) is -3.11. The highest BCUT2D eigenvalue weighted by molar-refractivity contribution is 7.99. The summed E-state index contributed by atoms with van der Waals surface area (Å²) in [5, 5.41) is 3.21. The van der Waals surface area contributed by atoms with Gasteiger partial charge in [0, 0.05) is 18.6 Å². The molecule has 0 aromatic carbocycles. The lowest BCUT2D eigenvalue weighted by atomic mass is 10.3. The Balaban J connectivity index is 2.12. The average Bonchev–Trinajstić information content (AvgIpc) is 3.01. The van der Waals surface area contributed by atoms with Crippen molar-refractivity contribution in [2.24, 2.45) is 0 Å². The Morgan fingerprint density at radius 2 is 2.12 bits per heavy atom. The first-order valence-corrected chi connectivity index (χ1v) is 9.15. The molecule has 102 valence electrons. The number of nitrogens with one attached hydrogen (secondary N) is 2. The minimum atomic E-state index is -3.11. The maximum atomic E-state index is 11.7. The van der Waals surface area contributed by atoms with E-state index >= 15 is 0 Å². The second-order valence-electron chi connectivity index (χ2n) is 4.55.